The van der Waals surface area contributed by atoms with Gasteiger partial charge < -0.3 is 16.0 Å². The molecule has 0 bridgehead atoms. The lowest BCUT2D eigenvalue weighted by atomic mass is 9.95. The Balaban J connectivity index is 1.73. The van der Waals surface area contributed by atoms with E-state index in [4.69, 9.17) is 0 Å². The molecule has 0 spiro atoms. The molecule has 1 aromatic carbocycles. The van der Waals surface area contributed by atoms with Crippen LogP contribution in [0, 0.1) is 23.4 Å². The van der Waals surface area contributed by atoms with Gasteiger partial charge in [0.1, 0.15) is 0 Å². The molecule has 1 aliphatic rings. The summed E-state index contributed by atoms with van der Waals surface area (Å²) >= 11 is 0. The summed E-state index contributed by atoms with van der Waals surface area (Å²) in [4.78, 5) is 38.5. The van der Waals surface area contributed by atoms with E-state index in [2.05, 4.69) is 22.9 Å². The Hall–Kier alpha value is -2.62. The highest BCUT2D eigenvalue weighted by atomic mass is 19.2. The number of halogens is 3. The predicted octanol–water partition coefficient (Wildman–Crippen LogP) is 2.57. The van der Waals surface area contributed by atoms with Crippen molar-refractivity contribution in [3.63, 3.8) is 0 Å². The van der Waals surface area contributed by atoms with Crippen molar-refractivity contribution in [2.75, 3.05) is 31.5 Å². The number of unbranched alkanes of at least 4 members (excludes halogenated alkanes) is 2. The van der Waals surface area contributed by atoms with E-state index in [0.717, 1.165) is 25.3 Å². The summed E-state index contributed by atoms with van der Waals surface area (Å²) < 4.78 is 39.8. The first-order chi connectivity index (χ1) is 15.2. The van der Waals surface area contributed by atoms with E-state index in [1.807, 2.05) is 4.90 Å². The van der Waals surface area contributed by atoms with Gasteiger partial charge in [-0.15, -0.1) is 0 Å². The van der Waals surface area contributed by atoms with E-state index >= 15 is 0 Å². The van der Waals surface area contributed by atoms with Gasteiger partial charge in [0.15, 0.2) is 17.5 Å². The number of nitrogens with zero attached hydrogens (tertiary/aromatic N) is 1. The van der Waals surface area contributed by atoms with Crippen LogP contribution in [0.3, 0.4) is 0 Å². The first-order valence-electron chi connectivity index (χ1n) is 11.0. The Bertz CT molecular complexity index is 814. The topological polar surface area (TPSA) is 90.5 Å². The molecule has 3 amide bonds. The summed E-state index contributed by atoms with van der Waals surface area (Å²) in [6, 6.07) is 1.08. The van der Waals surface area contributed by atoms with Gasteiger partial charge in [-0.25, -0.2) is 13.2 Å². The number of amides is 3. The van der Waals surface area contributed by atoms with Crippen LogP contribution in [0.2, 0.25) is 0 Å². The molecule has 1 heterocycles. The average molecular weight is 457 g/mol. The van der Waals surface area contributed by atoms with Gasteiger partial charge >= 0.3 is 0 Å². The van der Waals surface area contributed by atoms with Crippen LogP contribution in [0.4, 0.5) is 18.9 Å². The first kappa shape index (κ1) is 25.6. The third-order valence-electron chi connectivity index (χ3n) is 5.64. The van der Waals surface area contributed by atoms with E-state index in [1.165, 1.54) is 0 Å². The molecule has 1 saturated heterocycles. The third kappa shape index (κ3) is 7.22. The van der Waals surface area contributed by atoms with Gasteiger partial charge in [-0.2, -0.15) is 0 Å². The van der Waals surface area contributed by atoms with E-state index in [-0.39, 0.29) is 11.8 Å². The molecule has 2 rings (SSSR count). The van der Waals surface area contributed by atoms with Crippen molar-refractivity contribution in [1.29, 1.82) is 0 Å². The summed E-state index contributed by atoms with van der Waals surface area (Å²) in [6.07, 6.45) is 4.44. The number of anilines is 1. The minimum absolute atomic E-state index is 0.0546. The van der Waals surface area contributed by atoms with E-state index in [0.29, 0.717) is 38.5 Å². The zero-order valence-electron chi connectivity index (χ0n) is 18.5. The molecule has 1 aliphatic heterocycles. The molecule has 1 aromatic rings. The van der Waals surface area contributed by atoms with Crippen LogP contribution in [-0.2, 0) is 14.4 Å². The SMILES string of the molecule is CCCCCNC(=O)C1CCN(C(C)C(=O)NCC(=O)Nc2ccc(F)c(F)c2F)CC1. The van der Waals surface area contributed by atoms with Gasteiger partial charge in [0, 0.05) is 12.5 Å². The second-order valence-electron chi connectivity index (χ2n) is 7.97. The highest BCUT2D eigenvalue weighted by Gasteiger charge is 2.29. The molecule has 10 heteroatoms. The zero-order valence-corrected chi connectivity index (χ0v) is 18.5. The van der Waals surface area contributed by atoms with Crippen LogP contribution in [-0.4, -0.2) is 54.8 Å². The second-order valence-corrected chi connectivity index (χ2v) is 7.97. The zero-order chi connectivity index (χ0) is 23.7. The minimum atomic E-state index is -1.68. The van der Waals surface area contributed by atoms with E-state index in [1.54, 1.807) is 6.92 Å². The highest BCUT2D eigenvalue weighted by Crippen LogP contribution is 2.20. The van der Waals surface area contributed by atoms with Crippen molar-refractivity contribution in [3.05, 3.63) is 29.6 Å². The molecule has 1 atom stereocenters. The van der Waals surface area contributed by atoms with Crippen LogP contribution in [0.15, 0.2) is 12.1 Å². The summed E-state index contributed by atoms with van der Waals surface area (Å²) in [5, 5.41) is 7.52. The van der Waals surface area contributed by atoms with Gasteiger partial charge in [0.25, 0.3) is 0 Å². The van der Waals surface area contributed by atoms with Crippen LogP contribution < -0.4 is 16.0 Å². The number of piperidine rings is 1. The fourth-order valence-electron chi connectivity index (χ4n) is 3.58. The van der Waals surface area contributed by atoms with Crippen LogP contribution in [0.1, 0.15) is 46.0 Å². The first-order valence-corrected chi connectivity index (χ1v) is 11.0. The van der Waals surface area contributed by atoms with Gasteiger partial charge in [-0.05, 0) is 51.4 Å². The molecule has 32 heavy (non-hydrogen) atoms. The number of carbonyl (C=O) groups is 3. The Labute approximate surface area is 186 Å². The number of benzene rings is 1. The Morgan fingerprint density at radius 1 is 1.06 bits per heavy atom. The molecule has 1 fully saturated rings. The average Bonchev–Trinajstić information content (AvgIpc) is 2.80. The Morgan fingerprint density at radius 2 is 1.75 bits per heavy atom. The standard InChI is InChI=1S/C22H31F3N4O3/c1-3-4-5-10-26-22(32)15-8-11-29(12-9-15)14(2)21(31)27-13-18(30)28-17-7-6-16(23)19(24)20(17)25/h6-7,14-15H,3-5,8-13H2,1-2H3,(H,26,32)(H,27,31)(H,28,30). The van der Waals surface area contributed by atoms with Crippen molar-refractivity contribution >= 4 is 23.4 Å². The number of rotatable bonds is 10. The molecule has 7 nitrogen and oxygen atoms in total. The van der Waals surface area contributed by atoms with Crippen molar-refractivity contribution in [1.82, 2.24) is 15.5 Å². The Morgan fingerprint density at radius 3 is 2.41 bits per heavy atom. The summed E-state index contributed by atoms with van der Waals surface area (Å²) in [7, 11) is 0. The summed E-state index contributed by atoms with van der Waals surface area (Å²) in [5.74, 6) is -5.73. The number of carbonyl (C=O) groups excluding carboxylic acids is 3. The molecular formula is C22H31F3N4O3. The Kier molecular flexibility index (Phi) is 9.96. The lowest BCUT2D eigenvalue weighted by molar-refractivity contribution is -0.130. The number of hydrogen-bond donors (Lipinski definition) is 3. The molecule has 0 aliphatic carbocycles. The summed E-state index contributed by atoms with van der Waals surface area (Å²) in [6.45, 7) is 5.20. The maximum Gasteiger partial charge on any atom is 0.243 e. The molecule has 3 N–H and O–H groups in total. The van der Waals surface area contributed by atoms with Crippen molar-refractivity contribution < 1.29 is 27.6 Å². The highest BCUT2D eigenvalue weighted by molar-refractivity contribution is 5.95. The second kappa shape index (κ2) is 12.4. The van der Waals surface area contributed by atoms with E-state index in [9.17, 15) is 27.6 Å². The molecule has 1 unspecified atom stereocenters. The lowest BCUT2D eigenvalue weighted by Gasteiger charge is -2.34. The quantitative estimate of drug-likeness (QED) is 0.373. The largest absolute Gasteiger partial charge is 0.356 e. The maximum absolute atomic E-state index is 13.6. The number of likely N-dealkylation sites (tertiary alicyclic amines) is 1. The molecule has 0 aromatic heterocycles. The van der Waals surface area contributed by atoms with Gasteiger partial charge in [-0.1, -0.05) is 19.8 Å². The van der Waals surface area contributed by atoms with Gasteiger partial charge in [0.2, 0.25) is 17.7 Å². The minimum Gasteiger partial charge on any atom is -0.356 e. The fourth-order valence-corrected chi connectivity index (χ4v) is 3.58. The maximum atomic E-state index is 13.6. The van der Waals surface area contributed by atoms with E-state index < -0.39 is 47.5 Å². The van der Waals surface area contributed by atoms with Crippen LogP contribution in [0.5, 0.6) is 0 Å². The smallest absolute Gasteiger partial charge is 0.243 e. The number of hydrogen-bond acceptors (Lipinski definition) is 4. The fraction of sp³-hybridized carbons (Fsp3) is 0.591. The summed E-state index contributed by atoms with van der Waals surface area (Å²) in [5.41, 5.74) is -0.508. The van der Waals surface area contributed by atoms with Crippen LogP contribution in [0.25, 0.3) is 0 Å². The van der Waals surface area contributed by atoms with Crippen molar-refractivity contribution in [2.45, 2.75) is 52.0 Å². The molecular weight excluding hydrogens is 425 g/mol. The predicted molar refractivity (Wildman–Crippen MR) is 114 cm³/mol. The lowest BCUT2D eigenvalue weighted by Crippen LogP contribution is -2.50. The molecule has 0 radical (unpaired) electrons. The van der Waals surface area contributed by atoms with Crippen LogP contribution >= 0.6 is 0 Å². The normalized spacial score (nSPS) is 15.8. The number of nitrogens with one attached hydrogen (secondary N) is 3. The van der Waals surface area contributed by atoms with Gasteiger partial charge in [0.05, 0.1) is 18.3 Å². The van der Waals surface area contributed by atoms with Crippen molar-refractivity contribution in [2.24, 2.45) is 5.92 Å². The molecule has 178 valence electrons. The van der Waals surface area contributed by atoms with Gasteiger partial charge in [-0.3, -0.25) is 19.3 Å². The molecule has 0 saturated carbocycles. The van der Waals surface area contributed by atoms with Crippen molar-refractivity contribution in [3.8, 4) is 0 Å². The monoisotopic (exact) mass is 456 g/mol. The third-order valence-corrected chi connectivity index (χ3v) is 5.64.